The number of para-hydroxylation sites is 1. The first-order chi connectivity index (χ1) is 17.6. The number of sulfonamides is 1. The van der Waals surface area contributed by atoms with E-state index in [2.05, 4.69) is 4.98 Å². The van der Waals surface area contributed by atoms with Crippen molar-refractivity contribution in [1.82, 2.24) is 14.4 Å². The number of phenols is 1. The van der Waals surface area contributed by atoms with E-state index >= 15 is 0 Å². The van der Waals surface area contributed by atoms with Crippen LogP contribution in [0.15, 0.2) is 78.0 Å². The monoisotopic (exact) mass is 528 g/mol. The SMILES string of the molecule is CCCN(OCc1ccc(O)cc1)C(=O)[C@H](C)N(Cc1cccnc1)S(=O)(=O)c1ccccc1[N+](=O)[O-]. The molecule has 1 aromatic heterocycles. The van der Waals surface area contributed by atoms with E-state index in [0.717, 1.165) is 21.5 Å². The Balaban J connectivity index is 1.96. The maximum Gasteiger partial charge on any atom is 0.289 e. The number of aromatic hydroxyl groups is 1. The third-order valence-corrected chi connectivity index (χ3v) is 7.46. The Labute approximate surface area is 215 Å². The number of hydrogen-bond donors (Lipinski definition) is 1. The van der Waals surface area contributed by atoms with Crippen molar-refractivity contribution < 1.29 is 28.1 Å². The number of nitrogens with zero attached hydrogens (tertiary/aromatic N) is 4. The first-order valence-corrected chi connectivity index (χ1v) is 13.0. The van der Waals surface area contributed by atoms with Crippen LogP contribution in [0.5, 0.6) is 5.75 Å². The van der Waals surface area contributed by atoms with Crippen molar-refractivity contribution in [1.29, 1.82) is 0 Å². The largest absolute Gasteiger partial charge is 0.508 e. The van der Waals surface area contributed by atoms with Gasteiger partial charge < -0.3 is 5.11 Å². The molecule has 0 aliphatic heterocycles. The molecule has 0 saturated heterocycles. The number of carbonyl (C=O) groups is 1. The van der Waals surface area contributed by atoms with Crippen molar-refractivity contribution in [2.45, 2.75) is 44.4 Å². The predicted molar refractivity (Wildman–Crippen MR) is 134 cm³/mol. The standard InChI is InChI=1S/C25H28N4O7S/c1-3-15-27(36-18-20-10-12-22(30)13-11-20)25(31)19(2)28(17-21-7-6-14-26-16-21)37(34,35)24-9-5-4-8-23(24)29(32)33/h4-14,16,19,30H,3,15,17-18H2,1-2H3/t19-/m0/s1. The highest BCUT2D eigenvalue weighted by Gasteiger charge is 2.38. The lowest BCUT2D eigenvalue weighted by Gasteiger charge is -2.31. The van der Waals surface area contributed by atoms with Gasteiger partial charge in [-0.25, -0.2) is 13.5 Å². The van der Waals surface area contributed by atoms with Crippen molar-refractivity contribution >= 4 is 21.6 Å². The molecule has 196 valence electrons. The zero-order chi connectivity index (χ0) is 27.0. The van der Waals surface area contributed by atoms with Crippen LogP contribution in [0.4, 0.5) is 5.69 Å². The fraction of sp³-hybridized carbons (Fsp3) is 0.280. The van der Waals surface area contributed by atoms with E-state index in [0.29, 0.717) is 17.5 Å². The van der Waals surface area contributed by atoms with Crippen molar-refractivity contribution in [3.63, 3.8) is 0 Å². The van der Waals surface area contributed by atoms with Crippen LogP contribution >= 0.6 is 0 Å². The average molecular weight is 529 g/mol. The summed E-state index contributed by atoms with van der Waals surface area (Å²) in [5.41, 5.74) is 0.600. The first-order valence-electron chi connectivity index (χ1n) is 11.5. The van der Waals surface area contributed by atoms with Crippen molar-refractivity contribution in [2.24, 2.45) is 0 Å². The maximum absolute atomic E-state index is 13.8. The van der Waals surface area contributed by atoms with Crippen LogP contribution in [0.1, 0.15) is 31.4 Å². The smallest absolute Gasteiger partial charge is 0.289 e. The molecule has 37 heavy (non-hydrogen) atoms. The van der Waals surface area contributed by atoms with Gasteiger partial charge in [0.1, 0.15) is 18.4 Å². The van der Waals surface area contributed by atoms with Crippen LogP contribution in [0.3, 0.4) is 0 Å². The van der Waals surface area contributed by atoms with Gasteiger partial charge in [0.25, 0.3) is 21.6 Å². The van der Waals surface area contributed by atoms with E-state index in [1.54, 1.807) is 24.3 Å². The van der Waals surface area contributed by atoms with E-state index in [1.807, 2.05) is 6.92 Å². The van der Waals surface area contributed by atoms with Gasteiger partial charge in [-0.2, -0.15) is 4.31 Å². The summed E-state index contributed by atoms with van der Waals surface area (Å²) in [7, 11) is -4.51. The molecule has 3 rings (SSSR count). The number of rotatable bonds is 12. The molecule has 12 heteroatoms. The summed E-state index contributed by atoms with van der Waals surface area (Å²) in [4.78, 5) is 33.6. The van der Waals surface area contributed by atoms with Gasteiger partial charge in [0.15, 0.2) is 4.90 Å². The van der Waals surface area contributed by atoms with Crippen molar-refractivity contribution in [2.75, 3.05) is 6.54 Å². The summed E-state index contributed by atoms with van der Waals surface area (Å²) in [6.07, 6.45) is 3.52. The highest BCUT2D eigenvalue weighted by atomic mass is 32.2. The Kier molecular flexibility index (Phi) is 9.28. The van der Waals surface area contributed by atoms with Crippen molar-refractivity contribution in [3.05, 3.63) is 94.3 Å². The lowest BCUT2D eigenvalue weighted by atomic mass is 10.2. The van der Waals surface area contributed by atoms with Crippen LogP contribution < -0.4 is 0 Å². The third kappa shape index (κ3) is 6.88. The van der Waals surface area contributed by atoms with Gasteiger partial charge in [0, 0.05) is 31.5 Å². The molecule has 1 heterocycles. The van der Waals surface area contributed by atoms with E-state index in [9.17, 15) is 28.4 Å². The van der Waals surface area contributed by atoms with Gasteiger partial charge in [-0.15, -0.1) is 0 Å². The zero-order valence-corrected chi connectivity index (χ0v) is 21.2. The molecule has 1 amide bonds. The second-order valence-electron chi connectivity index (χ2n) is 8.19. The second kappa shape index (κ2) is 12.4. The fourth-order valence-corrected chi connectivity index (χ4v) is 5.31. The van der Waals surface area contributed by atoms with Gasteiger partial charge in [0.05, 0.1) is 4.92 Å². The third-order valence-electron chi connectivity index (χ3n) is 5.50. The molecule has 0 radical (unpaired) electrons. The number of nitro groups is 1. The van der Waals surface area contributed by atoms with Gasteiger partial charge in [-0.05, 0) is 48.7 Å². The molecule has 11 nitrogen and oxygen atoms in total. The maximum atomic E-state index is 13.8. The second-order valence-corrected chi connectivity index (χ2v) is 10.1. The number of carbonyl (C=O) groups excluding carboxylic acids is 1. The summed E-state index contributed by atoms with van der Waals surface area (Å²) in [5.74, 6) is -0.545. The van der Waals surface area contributed by atoms with E-state index in [1.165, 1.54) is 43.6 Å². The molecule has 0 aliphatic carbocycles. The number of nitro benzene ring substituents is 1. The Hall–Kier alpha value is -3.87. The summed E-state index contributed by atoms with van der Waals surface area (Å²) in [6.45, 7) is 3.21. The van der Waals surface area contributed by atoms with Crippen LogP contribution in [-0.2, 0) is 32.8 Å². The van der Waals surface area contributed by atoms with Crippen molar-refractivity contribution in [3.8, 4) is 5.75 Å². The Morgan fingerprint density at radius 2 is 1.81 bits per heavy atom. The summed E-state index contributed by atoms with van der Waals surface area (Å²) < 4.78 is 28.4. The zero-order valence-electron chi connectivity index (χ0n) is 20.4. The minimum absolute atomic E-state index is 0.0122. The number of benzene rings is 2. The molecule has 0 fully saturated rings. The van der Waals surface area contributed by atoms with Crippen LogP contribution in [0.2, 0.25) is 0 Å². The number of pyridine rings is 1. The predicted octanol–water partition coefficient (Wildman–Crippen LogP) is 3.65. The van der Waals surface area contributed by atoms with Gasteiger partial charge in [0.2, 0.25) is 0 Å². The molecule has 2 aromatic carbocycles. The first kappa shape index (κ1) is 27.7. The Morgan fingerprint density at radius 1 is 1.11 bits per heavy atom. The molecular weight excluding hydrogens is 500 g/mol. The molecule has 1 N–H and O–H groups in total. The molecule has 0 bridgehead atoms. The average Bonchev–Trinajstić information content (AvgIpc) is 2.90. The minimum Gasteiger partial charge on any atom is -0.508 e. The number of hydrogen-bond acceptors (Lipinski definition) is 8. The van der Waals surface area contributed by atoms with Crippen LogP contribution in [0, 0.1) is 10.1 Å². The number of amides is 1. The molecular formula is C25H28N4O7S. The molecule has 0 saturated carbocycles. The van der Waals surface area contributed by atoms with Crippen LogP contribution in [-0.4, -0.2) is 51.3 Å². The Morgan fingerprint density at radius 3 is 2.43 bits per heavy atom. The molecule has 3 aromatic rings. The highest BCUT2D eigenvalue weighted by molar-refractivity contribution is 7.89. The van der Waals surface area contributed by atoms with E-state index in [4.69, 9.17) is 4.84 Å². The molecule has 0 aliphatic rings. The van der Waals surface area contributed by atoms with Gasteiger partial charge in [-0.3, -0.25) is 24.7 Å². The van der Waals surface area contributed by atoms with Crippen LogP contribution in [0.25, 0.3) is 0 Å². The molecule has 0 unspecified atom stereocenters. The number of hydroxylamine groups is 2. The Bertz CT molecular complexity index is 1320. The van der Waals surface area contributed by atoms with Gasteiger partial charge in [-0.1, -0.05) is 37.3 Å². The highest BCUT2D eigenvalue weighted by Crippen LogP contribution is 2.29. The van der Waals surface area contributed by atoms with E-state index in [-0.39, 0.29) is 25.4 Å². The summed E-state index contributed by atoms with van der Waals surface area (Å²) in [5, 5.41) is 22.2. The topological polar surface area (TPSA) is 143 Å². The van der Waals surface area contributed by atoms with Gasteiger partial charge >= 0.3 is 0 Å². The van der Waals surface area contributed by atoms with E-state index < -0.39 is 37.5 Å². The number of aromatic nitrogens is 1. The molecule has 1 atom stereocenters. The minimum atomic E-state index is -4.51. The lowest BCUT2D eigenvalue weighted by Crippen LogP contribution is -2.49. The number of phenolic OH excluding ortho intramolecular Hbond substituents is 1. The molecule has 0 spiro atoms. The summed E-state index contributed by atoms with van der Waals surface area (Å²) >= 11 is 0. The quantitative estimate of drug-likeness (QED) is 0.277. The fourth-order valence-electron chi connectivity index (χ4n) is 3.57. The normalized spacial score (nSPS) is 12.3. The summed E-state index contributed by atoms with van der Waals surface area (Å²) in [6, 6.07) is 13.3. The lowest BCUT2D eigenvalue weighted by molar-refractivity contribution is -0.387.